The average Bonchev–Trinajstić information content (AvgIpc) is 3.36. The highest BCUT2D eigenvalue weighted by Crippen LogP contribution is 2.47. The Kier molecular flexibility index (Phi) is 5.82. The summed E-state index contributed by atoms with van der Waals surface area (Å²) in [4.78, 5) is 36.1. The van der Waals surface area contributed by atoms with E-state index in [1.165, 1.54) is 0 Å². The van der Waals surface area contributed by atoms with Gasteiger partial charge in [0.15, 0.2) is 0 Å². The normalized spacial score (nSPS) is 14.2. The number of anilines is 1. The molecule has 7 heteroatoms. The Hall–Kier alpha value is -3.09. The van der Waals surface area contributed by atoms with Crippen LogP contribution in [0.25, 0.3) is 0 Å². The first-order valence-electron chi connectivity index (χ1n) is 9.38. The Balaban J connectivity index is 1.40. The second kappa shape index (κ2) is 8.29. The van der Waals surface area contributed by atoms with Gasteiger partial charge in [0.05, 0.1) is 5.56 Å². The van der Waals surface area contributed by atoms with Gasteiger partial charge in [-0.25, -0.2) is 0 Å². The summed E-state index contributed by atoms with van der Waals surface area (Å²) in [7, 11) is 0. The van der Waals surface area contributed by atoms with Crippen LogP contribution in [0.2, 0.25) is 0 Å². The van der Waals surface area contributed by atoms with Gasteiger partial charge in [0.2, 0.25) is 0 Å². The Labute approximate surface area is 163 Å². The monoisotopic (exact) mass is 383 g/mol. The van der Waals surface area contributed by atoms with Gasteiger partial charge in [-0.3, -0.25) is 14.4 Å². The first-order chi connectivity index (χ1) is 13.4. The van der Waals surface area contributed by atoms with Gasteiger partial charge >= 0.3 is 11.8 Å². The van der Waals surface area contributed by atoms with Crippen LogP contribution in [0.1, 0.15) is 41.1 Å². The summed E-state index contributed by atoms with van der Waals surface area (Å²) in [5.41, 5.74) is 1.12. The number of amides is 3. The minimum atomic E-state index is -0.685. The fraction of sp³-hybridized carbons (Fsp3) is 0.381. The molecule has 148 valence electrons. The third kappa shape index (κ3) is 5.00. The molecule has 0 spiro atoms. The van der Waals surface area contributed by atoms with Crippen molar-refractivity contribution in [2.75, 3.05) is 18.4 Å². The maximum atomic E-state index is 12.3. The van der Waals surface area contributed by atoms with Gasteiger partial charge in [-0.15, -0.1) is 0 Å². The number of benzene rings is 1. The molecule has 1 aromatic carbocycles. The van der Waals surface area contributed by atoms with E-state index < -0.39 is 11.8 Å². The Morgan fingerprint density at radius 1 is 1.04 bits per heavy atom. The molecule has 0 bridgehead atoms. The molecular weight excluding hydrogens is 358 g/mol. The zero-order valence-electron chi connectivity index (χ0n) is 16.1. The number of para-hydroxylation sites is 1. The lowest BCUT2D eigenvalue weighted by atomic mass is 10.0. The molecule has 1 heterocycles. The van der Waals surface area contributed by atoms with Gasteiger partial charge in [0.1, 0.15) is 11.5 Å². The van der Waals surface area contributed by atoms with Crippen molar-refractivity contribution in [1.82, 2.24) is 10.6 Å². The molecule has 1 aliphatic rings. The molecule has 1 fully saturated rings. The highest BCUT2D eigenvalue weighted by molar-refractivity contribution is 6.39. The molecule has 1 aromatic heterocycles. The minimum Gasteiger partial charge on any atom is -0.466 e. The van der Waals surface area contributed by atoms with Crippen LogP contribution in [0.4, 0.5) is 5.69 Å². The second-order valence-electron chi connectivity index (χ2n) is 7.34. The van der Waals surface area contributed by atoms with Crippen LogP contribution >= 0.6 is 0 Å². The molecule has 1 aliphatic carbocycles. The van der Waals surface area contributed by atoms with Gasteiger partial charge in [0.25, 0.3) is 5.91 Å². The van der Waals surface area contributed by atoms with Crippen LogP contribution < -0.4 is 16.0 Å². The first-order valence-corrected chi connectivity index (χ1v) is 9.38. The van der Waals surface area contributed by atoms with E-state index in [9.17, 15) is 14.4 Å². The molecule has 3 N–H and O–H groups in total. The van der Waals surface area contributed by atoms with E-state index in [4.69, 9.17) is 4.42 Å². The fourth-order valence-electron chi connectivity index (χ4n) is 3.14. The van der Waals surface area contributed by atoms with Crippen LogP contribution in [-0.4, -0.2) is 30.8 Å². The summed E-state index contributed by atoms with van der Waals surface area (Å²) < 4.78 is 5.39. The average molecular weight is 383 g/mol. The van der Waals surface area contributed by atoms with Crippen molar-refractivity contribution < 1.29 is 18.8 Å². The summed E-state index contributed by atoms with van der Waals surface area (Å²) in [6.07, 6.45) is 2.69. The van der Waals surface area contributed by atoms with Crippen molar-refractivity contribution in [2.24, 2.45) is 5.41 Å². The lowest BCUT2D eigenvalue weighted by molar-refractivity contribution is -0.136. The molecule has 1 saturated carbocycles. The molecule has 7 nitrogen and oxygen atoms in total. The number of furan rings is 1. The van der Waals surface area contributed by atoms with Crippen LogP contribution in [-0.2, 0) is 9.59 Å². The van der Waals surface area contributed by atoms with Gasteiger partial charge in [-0.05, 0) is 56.7 Å². The Bertz CT molecular complexity index is 869. The van der Waals surface area contributed by atoms with Crippen molar-refractivity contribution in [3.05, 3.63) is 53.5 Å². The quantitative estimate of drug-likeness (QED) is 0.640. The second-order valence-corrected chi connectivity index (χ2v) is 7.34. The number of carbonyl (C=O) groups excluding carboxylic acids is 3. The maximum Gasteiger partial charge on any atom is 0.313 e. The van der Waals surface area contributed by atoms with E-state index in [-0.39, 0.29) is 11.3 Å². The van der Waals surface area contributed by atoms with E-state index in [1.807, 2.05) is 13.0 Å². The number of rotatable bonds is 7. The number of carbonyl (C=O) groups is 3. The minimum absolute atomic E-state index is 0.00840. The summed E-state index contributed by atoms with van der Waals surface area (Å²) >= 11 is 0. The van der Waals surface area contributed by atoms with E-state index in [0.29, 0.717) is 42.3 Å². The van der Waals surface area contributed by atoms with E-state index in [1.54, 1.807) is 37.3 Å². The molecule has 2 aromatic rings. The number of aryl methyl sites for hydroxylation is 2. The summed E-state index contributed by atoms with van der Waals surface area (Å²) in [6, 6.07) is 10.6. The largest absolute Gasteiger partial charge is 0.466 e. The smallest absolute Gasteiger partial charge is 0.313 e. The zero-order valence-corrected chi connectivity index (χ0v) is 16.1. The highest BCUT2D eigenvalue weighted by atomic mass is 16.3. The third-order valence-electron chi connectivity index (χ3n) is 5.05. The van der Waals surface area contributed by atoms with Crippen molar-refractivity contribution in [1.29, 1.82) is 0 Å². The Morgan fingerprint density at radius 3 is 2.36 bits per heavy atom. The summed E-state index contributed by atoms with van der Waals surface area (Å²) in [5, 5.41) is 8.16. The zero-order chi connectivity index (χ0) is 20.1. The molecule has 0 saturated heterocycles. The standard InChI is InChI=1S/C21H25N3O4/c1-14-12-17(15(2)28-14)18(25)23-13-21(8-9-21)10-11-22-19(26)20(27)24-16-6-4-3-5-7-16/h3-7,12H,8-11,13H2,1-2H3,(H,22,26)(H,23,25)(H,24,27). The molecule has 0 atom stereocenters. The molecule has 3 amide bonds. The number of nitrogens with one attached hydrogen (secondary N) is 3. The molecule has 0 aliphatic heterocycles. The van der Waals surface area contributed by atoms with Crippen molar-refractivity contribution in [2.45, 2.75) is 33.1 Å². The van der Waals surface area contributed by atoms with Gasteiger partial charge in [-0.1, -0.05) is 18.2 Å². The van der Waals surface area contributed by atoms with Crippen LogP contribution in [0.5, 0.6) is 0 Å². The number of hydrogen-bond donors (Lipinski definition) is 3. The van der Waals surface area contributed by atoms with Crippen molar-refractivity contribution in [3.63, 3.8) is 0 Å². The van der Waals surface area contributed by atoms with Gasteiger partial charge in [0, 0.05) is 18.8 Å². The van der Waals surface area contributed by atoms with Gasteiger partial charge in [-0.2, -0.15) is 0 Å². The fourth-order valence-corrected chi connectivity index (χ4v) is 3.14. The molecule has 3 rings (SSSR count). The molecule has 0 radical (unpaired) electrons. The molecule has 0 unspecified atom stereocenters. The first kappa shape index (κ1) is 19.7. The SMILES string of the molecule is Cc1cc(C(=O)NCC2(CCNC(=O)C(=O)Nc3ccccc3)CC2)c(C)o1. The number of hydrogen-bond acceptors (Lipinski definition) is 4. The van der Waals surface area contributed by atoms with Gasteiger partial charge < -0.3 is 20.4 Å². The molecular formula is C21H25N3O4. The van der Waals surface area contributed by atoms with E-state index >= 15 is 0 Å². The topological polar surface area (TPSA) is 100 Å². The van der Waals surface area contributed by atoms with Crippen molar-refractivity contribution >= 4 is 23.4 Å². The summed E-state index contributed by atoms with van der Waals surface area (Å²) in [5.74, 6) is -0.174. The van der Waals surface area contributed by atoms with E-state index in [2.05, 4.69) is 16.0 Å². The van der Waals surface area contributed by atoms with Crippen LogP contribution in [0.15, 0.2) is 40.8 Å². The maximum absolute atomic E-state index is 12.3. The molecule has 28 heavy (non-hydrogen) atoms. The summed E-state index contributed by atoms with van der Waals surface area (Å²) in [6.45, 7) is 4.51. The van der Waals surface area contributed by atoms with Crippen molar-refractivity contribution in [3.8, 4) is 0 Å². The Morgan fingerprint density at radius 2 is 1.75 bits per heavy atom. The van der Waals surface area contributed by atoms with E-state index in [0.717, 1.165) is 12.8 Å². The highest BCUT2D eigenvalue weighted by Gasteiger charge is 2.42. The van der Waals surface area contributed by atoms with Crippen LogP contribution in [0, 0.1) is 19.3 Å². The third-order valence-corrected chi connectivity index (χ3v) is 5.05. The van der Waals surface area contributed by atoms with Crippen LogP contribution in [0.3, 0.4) is 0 Å². The lowest BCUT2D eigenvalue weighted by Gasteiger charge is -2.16. The lowest BCUT2D eigenvalue weighted by Crippen LogP contribution is -2.38. The predicted molar refractivity (Wildman–Crippen MR) is 105 cm³/mol. The predicted octanol–water partition coefficient (Wildman–Crippen LogP) is 2.55.